The van der Waals surface area contributed by atoms with E-state index in [1.54, 1.807) is 0 Å². The minimum absolute atomic E-state index is 0.180. The summed E-state index contributed by atoms with van der Waals surface area (Å²) < 4.78 is 11.3. The Labute approximate surface area is 193 Å². The van der Waals surface area contributed by atoms with Crippen molar-refractivity contribution in [3.8, 4) is 0 Å². The molecule has 1 aromatic carbocycles. The number of aromatic nitrogens is 2. The molecule has 0 saturated carbocycles. The molecule has 2 aromatic rings. The van der Waals surface area contributed by atoms with Crippen molar-refractivity contribution in [2.75, 3.05) is 0 Å². The summed E-state index contributed by atoms with van der Waals surface area (Å²) in [6.07, 6.45) is 11.0. The summed E-state index contributed by atoms with van der Waals surface area (Å²) >= 11 is 1.49. The molecule has 1 aromatic heterocycles. The first-order chi connectivity index (χ1) is 15.3. The Hall–Kier alpha value is -2.84. The molecule has 0 aliphatic heterocycles. The molecule has 0 radical (unpaired) electrons. The second-order valence-electron chi connectivity index (χ2n) is 8.15. The van der Waals surface area contributed by atoms with Gasteiger partial charge in [0.2, 0.25) is 11.8 Å². The van der Waals surface area contributed by atoms with Crippen LogP contribution in [0.3, 0.4) is 0 Å². The molecule has 1 heterocycles. The van der Waals surface area contributed by atoms with Gasteiger partial charge in [-0.15, -0.1) is 22.0 Å². The van der Waals surface area contributed by atoms with Crippen LogP contribution in [0.2, 0.25) is 0 Å². The van der Waals surface area contributed by atoms with Gasteiger partial charge < -0.3 is 20.2 Å². The first-order valence-corrected chi connectivity index (χ1v) is 11.5. The topological polar surface area (TPSA) is 103 Å². The number of rotatable bonds is 9. The average molecular weight is 455 g/mol. The van der Waals surface area contributed by atoms with Gasteiger partial charge in [0.15, 0.2) is 5.37 Å². The fraction of sp³-hybridized carbons (Fsp3) is 0.375. The molecule has 1 unspecified atom stereocenters. The summed E-state index contributed by atoms with van der Waals surface area (Å²) in [6.45, 7) is 6.10. The smallest absolute Gasteiger partial charge is 0.408 e. The summed E-state index contributed by atoms with van der Waals surface area (Å²) in [5.41, 5.74) is 7.80. The summed E-state index contributed by atoms with van der Waals surface area (Å²) in [6, 6.07) is 9.51. The summed E-state index contributed by atoms with van der Waals surface area (Å²) in [7, 11) is 0. The van der Waals surface area contributed by atoms with Crippen LogP contribution in [0.25, 0.3) is 0 Å². The zero-order valence-electron chi connectivity index (χ0n) is 18.7. The molecule has 3 N–H and O–H groups in total. The number of nitrogens with one attached hydrogen (secondary N) is 1. The zero-order valence-corrected chi connectivity index (χ0v) is 19.5. The predicted octanol–water partition coefficient (Wildman–Crippen LogP) is 5.14. The highest BCUT2D eigenvalue weighted by atomic mass is 32.2. The zero-order chi connectivity index (χ0) is 23.0. The molecule has 170 valence electrons. The number of alkyl carbamates (subject to hydrolysis) is 1. The third-order valence-corrected chi connectivity index (χ3v) is 5.82. The number of hydrogen-bond acceptors (Lipinski definition) is 7. The van der Waals surface area contributed by atoms with Crippen molar-refractivity contribution in [2.45, 2.75) is 56.4 Å². The van der Waals surface area contributed by atoms with Crippen molar-refractivity contribution in [2.24, 2.45) is 5.73 Å². The highest BCUT2D eigenvalue weighted by Crippen LogP contribution is 2.32. The highest BCUT2D eigenvalue weighted by Gasteiger charge is 2.31. The third kappa shape index (κ3) is 7.10. The Morgan fingerprint density at radius 2 is 2.03 bits per heavy atom. The van der Waals surface area contributed by atoms with E-state index in [0.29, 0.717) is 18.2 Å². The standard InChI is InChI=1S/C24H30N4O3S/c1-17(2)32-21(26-23(29)30-16-19-13-9-6-10-14-19)20-27-28-22(31-20)24(3,25)15-18-11-7-4-5-8-12-18/h4-11,13-14,17,21H,12,15-16,25H2,1-3H3,(H,26,29)/t21?,24-/m1/s1. The number of benzene rings is 1. The molecule has 7 nitrogen and oxygen atoms in total. The number of nitrogens with two attached hydrogens (primary N) is 1. The van der Waals surface area contributed by atoms with Crippen molar-refractivity contribution in [1.82, 2.24) is 15.5 Å². The Bertz CT molecular complexity index is 980. The number of hydrogen-bond donors (Lipinski definition) is 2. The van der Waals surface area contributed by atoms with Gasteiger partial charge in [-0.2, -0.15) is 0 Å². The maximum absolute atomic E-state index is 12.4. The lowest BCUT2D eigenvalue weighted by atomic mass is 9.92. The second-order valence-corrected chi connectivity index (χ2v) is 9.84. The largest absolute Gasteiger partial charge is 0.445 e. The number of amides is 1. The van der Waals surface area contributed by atoms with Gasteiger partial charge in [-0.25, -0.2) is 4.79 Å². The van der Waals surface area contributed by atoms with Crippen molar-refractivity contribution < 1.29 is 13.9 Å². The van der Waals surface area contributed by atoms with Crippen LogP contribution >= 0.6 is 11.8 Å². The first-order valence-electron chi connectivity index (χ1n) is 10.6. The van der Waals surface area contributed by atoms with Gasteiger partial charge in [-0.3, -0.25) is 0 Å². The van der Waals surface area contributed by atoms with Crippen molar-refractivity contribution in [3.05, 3.63) is 83.6 Å². The molecule has 0 saturated heterocycles. The van der Waals surface area contributed by atoms with Gasteiger partial charge in [0.1, 0.15) is 6.61 Å². The third-order valence-electron chi connectivity index (χ3n) is 4.69. The minimum Gasteiger partial charge on any atom is -0.445 e. The van der Waals surface area contributed by atoms with Gasteiger partial charge in [0.05, 0.1) is 5.54 Å². The normalized spacial score (nSPS) is 16.2. The molecule has 1 aliphatic carbocycles. The Morgan fingerprint density at radius 3 is 2.78 bits per heavy atom. The van der Waals surface area contributed by atoms with Crippen molar-refractivity contribution >= 4 is 17.9 Å². The number of carbonyl (C=O) groups excluding carboxylic acids is 1. The molecule has 2 atom stereocenters. The van der Waals surface area contributed by atoms with Crippen LogP contribution in [0.15, 0.2) is 70.7 Å². The maximum atomic E-state index is 12.4. The van der Waals surface area contributed by atoms with E-state index in [-0.39, 0.29) is 11.9 Å². The van der Waals surface area contributed by atoms with Crippen LogP contribution < -0.4 is 11.1 Å². The van der Waals surface area contributed by atoms with Gasteiger partial charge in [-0.1, -0.05) is 80.1 Å². The monoisotopic (exact) mass is 454 g/mol. The average Bonchev–Trinajstić information content (AvgIpc) is 3.13. The fourth-order valence-electron chi connectivity index (χ4n) is 3.17. The lowest BCUT2D eigenvalue weighted by Crippen LogP contribution is -2.34. The fourth-order valence-corrected chi connectivity index (χ4v) is 4.09. The van der Waals surface area contributed by atoms with E-state index in [4.69, 9.17) is 14.9 Å². The van der Waals surface area contributed by atoms with Crippen molar-refractivity contribution in [1.29, 1.82) is 0 Å². The first kappa shape index (κ1) is 23.8. The van der Waals surface area contributed by atoms with Gasteiger partial charge in [0, 0.05) is 5.25 Å². The number of carbonyl (C=O) groups is 1. The van der Waals surface area contributed by atoms with Crippen LogP contribution in [0.1, 0.15) is 56.3 Å². The number of allylic oxidation sites excluding steroid dienone is 5. The SMILES string of the molecule is CC(C)SC(NC(=O)OCc1ccccc1)c1nnc([C@](C)(N)CC2=CC=CC=CC2)o1. The predicted molar refractivity (Wildman–Crippen MR) is 127 cm³/mol. The molecule has 1 aliphatic rings. The Kier molecular flexibility index (Phi) is 8.30. The van der Waals surface area contributed by atoms with Crippen LogP contribution in [0.5, 0.6) is 0 Å². The van der Waals surface area contributed by atoms with Gasteiger partial charge in [-0.05, 0) is 25.3 Å². The number of ether oxygens (including phenoxy) is 1. The van der Waals surface area contributed by atoms with Crippen LogP contribution in [-0.2, 0) is 16.9 Å². The molecule has 8 heteroatoms. The number of nitrogens with zero attached hydrogens (tertiary/aromatic N) is 2. The van der Waals surface area contributed by atoms with Gasteiger partial charge >= 0.3 is 6.09 Å². The highest BCUT2D eigenvalue weighted by molar-refractivity contribution is 8.00. The molecule has 0 fully saturated rings. The number of thioether (sulfide) groups is 1. The van der Waals surface area contributed by atoms with Crippen molar-refractivity contribution in [3.63, 3.8) is 0 Å². The molecule has 3 rings (SSSR count). The van der Waals surface area contributed by atoms with Gasteiger partial charge in [0.25, 0.3) is 0 Å². The summed E-state index contributed by atoms with van der Waals surface area (Å²) in [5, 5.41) is 10.9. The van der Waals surface area contributed by atoms with E-state index in [1.807, 2.05) is 69.3 Å². The van der Waals surface area contributed by atoms with Crippen LogP contribution in [0.4, 0.5) is 4.79 Å². The second kappa shape index (κ2) is 11.2. The molecule has 0 spiro atoms. The van der Waals surface area contributed by atoms with Crippen LogP contribution in [-0.4, -0.2) is 21.5 Å². The minimum atomic E-state index is -0.829. The van der Waals surface area contributed by atoms with E-state index in [9.17, 15) is 4.79 Å². The van der Waals surface area contributed by atoms with E-state index in [1.165, 1.54) is 17.3 Å². The lowest BCUT2D eigenvalue weighted by molar-refractivity contribution is 0.137. The molecule has 32 heavy (non-hydrogen) atoms. The molecule has 1 amide bonds. The summed E-state index contributed by atoms with van der Waals surface area (Å²) in [4.78, 5) is 12.4. The Balaban J connectivity index is 1.67. The Morgan fingerprint density at radius 1 is 1.25 bits per heavy atom. The van der Waals surface area contributed by atoms with E-state index in [0.717, 1.165) is 12.0 Å². The van der Waals surface area contributed by atoms with E-state index < -0.39 is 17.0 Å². The quantitative estimate of drug-likeness (QED) is 0.505. The molecular weight excluding hydrogens is 424 g/mol. The van der Waals surface area contributed by atoms with E-state index >= 15 is 0 Å². The van der Waals surface area contributed by atoms with E-state index in [2.05, 4.69) is 27.7 Å². The molecule has 0 bridgehead atoms. The lowest BCUT2D eigenvalue weighted by Gasteiger charge is -2.22. The molecular formula is C24H30N4O3S. The van der Waals surface area contributed by atoms with Crippen LogP contribution in [0, 0.1) is 0 Å². The maximum Gasteiger partial charge on any atom is 0.408 e. The summed E-state index contributed by atoms with van der Waals surface area (Å²) in [5.74, 6) is 0.626.